The largest absolute Gasteiger partial charge is 0.212 e. The molecule has 2 aromatic carbocycles. The lowest BCUT2D eigenvalue weighted by Gasteiger charge is -2.02. The molecule has 0 radical (unpaired) electrons. The molecular weight excluding hydrogens is 279 g/mol. The van der Waals surface area contributed by atoms with Gasteiger partial charge in [-0.15, -0.1) is 5.10 Å². The maximum atomic E-state index is 12.9. The average molecular weight is 290 g/mol. The van der Waals surface area contributed by atoms with E-state index in [0.29, 0.717) is 5.69 Å². The SMILES string of the molecule is N#Cc1nnn(-c2ccccc2)c1/C=C/c1ccc(F)cc1. The molecule has 3 rings (SSSR count). The van der Waals surface area contributed by atoms with Gasteiger partial charge < -0.3 is 0 Å². The van der Waals surface area contributed by atoms with Crippen LogP contribution in [0.5, 0.6) is 0 Å². The summed E-state index contributed by atoms with van der Waals surface area (Å²) in [6, 6.07) is 17.6. The monoisotopic (exact) mass is 290 g/mol. The fraction of sp³-hybridized carbons (Fsp3) is 0. The lowest BCUT2D eigenvalue weighted by molar-refractivity contribution is 0.628. The highest BCUT2D eigenvalue weighted by Crippen LogP contribution is 2.16. The van der Waals surface area contributed by atoms with E-state index >= 15 is 0 Å². The van der Waals surface area contributed by atoms with Gasteiger partial charge in [-0.2, -0.15) is 5.26 Å². The minimum Gasteiger partial charge on any atom is -0.212 e. The molecule has 0 bridgehead atoms. The van der Waals surface area contributed by atoms with Gasteiger partial charge in [0.15, 0.2) is 5.69 Å². The van der Waals surface area contributed by atoms with E-state index in [4.69, 9.17) is 5.26 Å². The minimum absolute atomic E-state index is 0.238. The van der Waals surface area contributed by atoms with Gasteiger partial charge in [-0.25, -0.2) is 9.07 Å². The molecule has 0 aliphatic heterocycles. The van der Waals surface area contributed by atoms with Crippen LogP contribution in [0.2, 0.25) is 0 Å². The fourth-order valence-electron chi connectivity index (χ4n) is 2.03. The van der Waals surface area contributed by atoms with Crippen LogP contribution in [0, 0.1) is 17.1 Å². The maximum Gasteiger partial charge on any atom is 0.190 e. The zero-order chi connectivity index (χ0) is 15.4. The molecule has 0 aliphatic carbocycles. The van der Waals surface area contributed by atoms with E-state index in [9.17, 15) is 4.39 Å². The van der Waals surface area contributed by atoms with Gasteiger partial charge in [0.05, 0.1) is 5.69 Å². The molecule has 0 amide bonds. The molecule has 5 heteroatoms. The number of hydrogen-bond donors (Lipinski definition) is 0. The molecule has 22 heavy (non-hydrogen) atoms. The minimum atomic E-state index is -0.286. The van der Waals surface area contributed by atoms with E-state index < -0.39 is 0 Å². The Bertz CT molecular complexity index is 843. The zero-order valence-electron chi connectivity index (χ0n) is 11.5. The predicted octanol–water partition coefficient (Wildman–Crippen LogP) is 3.45. The highest BCUT2D eigenvalue weighted by molar-refractivity contribution is 5.70. The molecule has 0 fully saturated rings. The summed E-state index contributed by atoms with van der Waals surface area (Å²) in [6.45, 7) is 0. The number of nitriles is 1. The summed E-state index contributed by atoms with van der Waals surface area (Å²) in [4.78, 5) is 0. The van der Waals surface area contributed by atoms with E-state index in [2.05, 4.69) is 10.3 Å². The Morgan fingerprint density at radius 2 is 1.73 bits per heavy atom. The van der Waals surface area contributed by atoms with Crippen molar-refractivity contribution in [2.45, 2.75) is 0 Å². The van der Waals surface area contributed by atoms with Crippen LogP contribution in [0.15, 0.2) is 54.6 Å². The Hall–Kier alpha value is -3.26. The second-order valence-electron chi connectivity index (χ2n) is 4.57. The van der Waals surface area contributed by atoms with Crippen molar-refractivity contribution in [1.82, 2.24) is 15.0 Å². The number of halogens is 1. The highest BCUT2D eigenvalue weighted by Gasteiger charge is 2.10. The van der Waals surface area contributed by atoms with Gasteiger partial charge in [-0.3, -0.25) is 0 Å². The first kappa shape index (κ1) is 13.7. The summed E-state index contributed by atoms with van der Waals surface area (Å²) in [6.07, 6.45) is 3.54. The maximum absolute atomic E-state index is 12.9. The second kappa shape index (κ2) is 6.02. The molecule has 0 aliphatic rings. The predicted molar refractivity (Wildman–Crippen MR) is 81.4 cm³/mol. The lowest BCUT2D eigenvalue weighted by Crippen LogP contribution is -1.98. The van der Waals surface area contributed by atoms with Crippen LogP contribution in [-0.4, -0.2) is 15.0 Å². The van der Waals surface area contributed by atoms with Crippen molar-refractivity contribution >= 4 is 12.2 Å². The first-order chi connectivity index (χ1) is 10.8. The van der Waals surface area contributed by atoms with Crippen LogP contribution in [0.1, 0.15) is 17.0 Å². The van der Waals surface area contributed by atoms with Gasteiger partial charge in [-0.1, -0.05) is 41.6 Å². The van der Waals surface area contributed by atoms with E-state index in [1.807, 2.05) is 36.4 Å². The van der Waals surface area contributed by atoms with Crippen LogP contribution >= 0.6 is 0 Å². The molecule has 0 N–H and O–H groups in total. The molecule has 106 valence electrons. The Kier molecular flexibility index (Phi) is 3.75. The van der Waals surface area contributed by atoms with Gasteiger partial charge in [-0.05, 0) is 35.9 Å². The molecule has 0 atom stereocenters. The lowest BCUT2D eigenvalue weighted by atomic mass is 10.2. The standard InChI is InChI=1S/C17H11FN4/c18-14-9-6-13(7-10-14)8-11-17-16(12-19)20-21-22(17)15-4-2-1-3-5-15/h1-11H/b11-8+. The molecule has 3 aromatic rings. The summed E-state index contributed by atoms with van der Waals surface area (Å²) < 4.78 is 14.5. The summed E-state index contributed by atoms with van der Waals surface area (Å²) in [5.74, 6) is -0.286. The Morgan fingerprint density at radius 3 is 2.41 bits per heavy atom. The Balaban J connectivity index is 2.01. The van der Waals surface area contributed by atoms with E-state index in [0.717, 1.165) is 11.3 Å². The summed E-state index contributed by atoms with van der Waals surface area (Å²) in [5.41, 5.74) is 2.46. The zero-order valence-corrected chi connectivity index (χ0v) is 11.5. The first-order valence-electron chi connectivity index (χ1n) is 6.63. The third kappa shape index (κ3) is 2.76. The smallest absolute Gasteiger partial charge is 0.190 e. The number of rotatable bonds is 3. The first-order valence-corrected chi connectivity index (χ1v) is 6.63. The molecule has 0 unspecified atom stereocenters. The van der Waals surface area contributed by atoms with Crippen molar-refractivity contribution in [3.63, 3.8) is 0 Å². The number of para-hydroxylation sites is 1. The van der Waals surface area contributed by atoms with E-state index in [-0.39, 0.29) is 11.5 Å². The van der Waals surface area contributed by atoms with Crippen molar-refractivity contribution in [3.05, 3.63) is 77.4 Å². The molecule has 0 saturated carbocycles. The second-order valence-corrected chi connectivity index (χ2v) is 4.57. The van der Waals surface area contributed by atoms with Gasteiger partial charge >= 0.3 is 0 Å². The highest BCUT2D eigenvalue weighted by atomic mass is 19.1. The van der Waals surface area contributed by atoms with Gasteiger partial charge in [0.2, 0.25) is 0 Å². The molecule has 1 heterocycles. The van der Waals surface area contributed by atoms with Crippen molar-refractivity contribution < 1.29 is 4.39 Å². The molecule has 0 saturated heterocycles. The fourth-order valence-corrected chi connectivity index (χ4v) is 2.03. The van der Waals surface area contributed by atoms with Crippen LogP contribution in [0.3, 0.4) is 0 Å². The van der Waals surface area contributed by atoms with Gasteiger partial charge in [0, 0.05) is 0 Å². The van der Waals surface area contributed by atoms with Crippen molar-refractivity contribution in [3.8, 4) is 11.8 Å². The van der Waals surface area contributed by atoms with Gasteiger partial charge in [0.1, 0.15) is 17.6 Å². The number of aromatic nitrogens is 3. The quantitative estimate of drug-likeness (QED) is 0.742. The van der Waals surface area contributed by atoms with E-state index in [1.54, 1.807) is 29.0 Å². The topological polar surface area (TPSA) is 54.5 Å². The third-order valence-corrected chi connectivity index (χ3v) is 3.12. The normalized spacial score (nSPS) is 10.7. The van der Waals surface area contributed by atoms with Crippen LogP contribution in [-0.2, 0) is 0 Å². The van der Waals surface area contributed by atoms with Crippen molar-refractivity contribution in [1.29, 1.82) is 5.26 Å². The van der Waals surface area contributed by atoms with Crippen molar-refractivity contribution in [2.75, 3.05) is 0 Å². The summed E-state index contributed by atoms with van der Waals surface area (Å²) in [5, 5.41) is 17.1. The third-order valence-electron chi connectivity index (χ3n) is 3.12. The summed E-state index contributed by atoms with van der Waals surface area (Å²) >= 11 is 0. The van der Waals surface area contributed by atoms with Crippen molar-refractivity contribution in [2.24, 2.45) is 0 Å². The van der Waals surface area contributed by atoms with Crippen LogP contribution < -0.4 is 0 Å². The number of hydrogen-bond acceptors (Lipinski definition) is 3. The molecule has 0 spiro atoms. The Labute approximate surface area is 126 Å². The van der Waals surface area contributed by atoms with E-state index in [1.165, 1.54) is 12.1 Å². The van der Waals surface area contributed by atoms with Gasteiger partial charge in [0.25, 0.3) is 0 Å². The van der Waals surface area contributed by atoms with Crippen LogP contribution in [0.4, 0.5) is 4.39 Å². The van der Waals surface area contributed by atoms with Crippen LogP contribution in [0.25, 0.3) is 17.8 Å². The molecule has 1 aromatic heterocycles. The average Bonchev–Trinajstić information content (AvgIpc) is 2.98. The number of benzene rings is 2. The number of nitrogens with zero attached hydrogens (tertiary/aromatic N) is 4. The molecule has 4 nitrogen and oxygen atoms in total. The molecular formula is C17H11FN4. The Morgan fingerprint density at radius 1 is 1.00 bits per heavy atom. The summed E-state index contributed by atoms with van der Waals surface area (Å²) in [7, 11) is 0.